The van der Waals surface area contributed by atoms with E-state index in [1.807, 2.05) is 30.8 Å². The average Bonchev–Trinajstić information content (AvgIpc) is 2.71. The van der Waals surface area contributed by atoms with E-state index in [1.165, 1.54) is 6.07 Å². The number of hydrogen-bond donors (Lipinski definition) is 0. The summed E-state index contributed by atoms with van der Waals surface area (Å²) in [7, 11) is 1.92. The van der Waals surface area contributed by atoms with Gasteiger partial charge in [0.1, 0.15) is 5.82 Å². The van der Waals surface area contributed by atoms with Crippen LogP contribution in [0.4, 0.5) is 4.39 Å². The summed E-state index contributed by atoms with van der Waals surface area (Å²) in [6.45, 7) is 1.96. The Balaban J connectivity index is 2.51. The van der Waals surface area contributed by atoms with Gasteiger partial charge in [-0.1, -0.05) is 50.1 Å². The highest BCUT2D eigenvalue weighted by Gasteiger charge is 2.35. The van der Waals surface area contributed by atoms with Crippen LogP contribution in [0.5, 0.6) is 0 Å². The molecule has 0 spiro atoms. The normalized spacial score (nSPS) is 11.9. The number of alkyl halides is 2. The molecular formula is C15H16Br3FN2. The second-order valence-electron chi connectivity index (χ2n) is 5.17. The van der Waals surface area contributed by atoms with Crippen LogP contribution in [0.2, 0.25) is 0 Å². The molecule has 0 aliphatic rings. The molecule has 2 nitrogen and oxygen atoms in total. The Hall–Kier alpha value is -0.200. The van der Waals surface area contributed by atoms with Gasteiger partial charge in [0.2, 0.25) is 0 Å². The Labute approximate surface area is 149 Å². The van der Waals surface area contributed by atoms with Crippen LogP contribution in [-0.2, 0) is 18.9 Å². The molecule has 2 aromatic rings. The number of benzene rings is 1. The third kappa shape index (κ3) is 3.27. The van der Waals surface area contributed by atoms with Crippen molar-refractivity contribution in [2.75, 3.05) is 10.7 Å². The van der Waals surface area contributed by atoms with Crippen molar-refractivity contribution in [3.8, 4) is 0 Å². The molecule has 1 aromatic heterocycles. The van der Waals surface area contributed by atoms with Gasteiger partial charge in [0, 0.05) is 29.5 Å². The Morgan fingerprint density at radius 3 is 2.33 bits per heavy atom. The van der Waals surface area contributed by atoms with E-state index in [2.05, 4.69) is 52.9 Å². The zero-order valence-electron chi connectivity index (χ0n) is 11.8. The molecule has 0 fully saturated rings. The highest BCUT2D eigenvalue weighted by molar-refractivity contribution is 9.10. The fraction of sp³-hybridized carbons (Fsp3) is 0.400. The minimum Gasteiger partial charge on any atom is -0.271 e. The Morgan fingerprint density at radius 2 is 1.86 bits per heavy atom. The number of aromatic nitrogens is 2. The first-order valence-corrected chi connectivity index (χ1v) is 9.53. The van der Waals surface area contributed by atoms with E-state index in [0.717, 1.165) is 15.9 Å². The first kappa shape index (κ1) is 17.2. The summed E-state index contributed by atoms with van der Waals surface area (Å²) in [5.74, 6) is -0.175. The molecule has 1 aromatic carbocycles. The van der Waals surface area contributed by atoms with Crippen molar-refractivity contribution < 1.29 is 4.39 Å². The van der Waals surface area contributed by atoms with Crippen molar-refractivity contribution in [1.82, 2.24) is 9.78 Å². The molecule has 1 heterocycles. The fourth-order valence-corrected chi connectivity index (χ4v) is 4.86. The van der Waals surface area contributed by atoms with Crippen LogP contribution in [-0.4, -0.2) is 20.4 Å². The second-order valence-corrected chi connectivity index (χ2v) is 7.09. The summed E-state index contributed by atoms with van der Waals surface area (Å²) in [4.78, 5) is 0. The maximum absolute atomic E-state index is 14.3. The van der Waals surface area contributed by atoms with Gasteiger partial charge in [-0.2, -0.15) is 5.10 Å². The molecule has 0 saturated carbocycles. The second kappa shape index (κ2) is 6.92. The molecule has 2 rings (SSSR count). The van der Waals surface area contributed by atoms with E-state index in [9.17, 15) is 4.39 Å². The third-order valence-electron chi connectivity index (χ3n) is 3.72. The van der Waals surface area contributed by atoms with Gasteiger partial charge in [-0.3, -0.25) is 4.68 Å². The largest absolute Gasteiger partial charge is 0.271 e. The number of aryl methyl sites for hydroxylation is 2. The first-order valence-electron chi connectivity index (χ1n) is 6.50. The minimum atomic E-state index is -0.367. The summed E-state index contributed by atoms with van der Waals surface area (Å²) in [6, 6.07) is 6.96. The van der Waals surface area contributed by atoms with E-state index in [-0.39, 0.29) is 11.2 Å². The van der Waals surface area contributed by atoms with Crippen molar-refractivity contribution >= 4 is 47.8 Å². The predicted molar refractivity (Wildman–Crippen MR) is 95.0 cm³/mol. The SMILES string of the molecule is Cc1nn(C)c(CC(CBr)(CBr)c2ccccc2F)c1Br. The van der Waals surface area contributed by atoms with Gasteiger partial charge < -0.3 is 0 Å². The smallest absolute Gasteiger partial charge is 0.127 e. The standard InChI is InChI=1S/C15H16Br3FN2/c1-10-14(18)13(21(2)20-10)7-15(8-16,9-17)11-5-3-4-6-12(11)19/h3-6H,7-9H2,1-2H3. The van der Waals surface area contributed by atoms with Crippen LogP contribution < -0.4 is 0 Å². The molecule has 0 bridgehead atoms. The zero-order valence-corrected chi connectivity index (χ0v) is 16.6. The van der Waals surface area contributed by atoms with Gasteiger partial charge in [0.25, 0.3) is 0 Å². The highest BCUT2D eigenvalue weighted by atomic mass is 79.9. The molecule has 0 aliphatic heterocycles. The van der Waals surface area contributed by atoms with Gasteiger partial charge in [-0.25, -0.2) is 4.39 Å². The summed E-state index contributed by atoms with van der Waals surface area (Å²) in [5, 5.41) is 5.74. The maximum Gasteiger partial charge on any atom is 0.127 e. The third-order valence-corrected chi connectivity index (χ3v) is 6.90. The predicted octanol–water partition coefficient (Wildman–Crippen LogP) is 4.90. The van der Waals surface area contributed by atoms with Crippen molar-refractivity contribution in [3.05, 3.63) is 51.5 Å². The van der Waals surface area contributed by atoms with E-state index >= 15 is 0 Å². The molecule has 114 valence electrons. The first-order chi connectivity index (χ1) is 9.95. The van der Waals surface area contributed by atoms with Gasteiger partial charge in [0.05, 0.1) is 15.9 Å². The van der Waals surface area contributed by atoms with Crippen LogP contribution in [0.1, 0.15) is 17.0 Å². The molecule has 0 aliphatic carbocycles. The lowest BCUT2D eigenvalue weighted by Gasteiger charge is -2.31. The van der Waals surface area contributed by atoms with Crippen LogP contribution in [0.3, 0.4) is 0 Å². The van der Waals surface area contributed by atoms with Crippen LogP contribution >= 0.6 is 47.8 Å². The fourth-order valence-electron chi connectivity index (χ4n) is 2.45. The van der Waals surface area contributed by atoms with Crippen molar-refractivity contribution in [1.29, 1.82) is 0 Å². The minimum absolute atomic E-state index is 0.175. The van der Waals surface area contributed by atoms with Crippen LogP contribution in [0.25, 0.3) is 0 Å². The van der Waals surface area contributed by atoms with Crippen LogP contribution in [0, 0.1) is 12.7 Å². The molecule has 6 heteroatoms. The van der Waals surface area contributed by atoms with E-state index in [1.54, 1.807) is 6.07 Å². The number of nitrogens with zero attached hydrogens (tertiary/aromatic N) is 2. The molecule has 0 radical (unpaired) electrons. The Kier molecular flexibility index (Phi) is 5.65. The Bertz CT molecular complexity index is 636. The monoisotopic (exact) mass is 480 g/mol. The lowest BCUT2D eigenvalue weighted by Crippen LogP contribution is -2.35. The van der Waals surface area contributed by atoms with Gasteiger partial charge in [-0.15, -0.1) is 0 Å². The van der Waals surface area contributed by atoms with E-state index in [0.29, 0.717) is 22.6 Å². The summed E-state index contributed by atoms with van der Waals surface area (Å²) in [6.07, 6.45) is 0.683. The number of halogens is 4. The topological polar surface area (TPSA) is 17.8 Å². The van der Waals surface area contributed by atoms with E-state index in [4.69, 9.17) is 0 Å². The summed E-state index contributed by atoms with van der Waals surface area (Å²) in [5.41, 5.74) is 2.35. The summed E-state index contributed by atoms with van der Waals surface area (Å²) < 4.78 is 17.1. The molecule has 0 atom stereocenters. The summed E-state index contributed by atoms with van der Waals surface area (Å²) >= 11 is 10.7. The number of rotatable bonds is 5. The Morgan fingerprint density at radius 1 is 1.24 bits per heavy atom. The molecule has 21 heavy (non-hydrogen) atoms. The molecular weight excluding hydrogens is 467 g/mol. The average molecular weight is 483 g/mol. The van der Waals surface area contributed by atoms with Gasteiger partial charge in [-0.05, 0) is 34.5 Å². The lowest BCUT2D eigenvalue weighted by atomic mass is 9.80. The molecule has 0 saturated heterocycles. The maximum atomic E-state index is 14.3. The highest BCUT2D eigenvalue weighted by Crippen LogP contribution is 2.36. The van der Waals surface area contributed by atoms with Crippen LogP contribution in [0.15, 0.2) is 28.7 Å². The lowest BCUT2D eigenvalue weighted by molar-refractivity contribution is 0.484. The zero-order chi connectivity index (χ0) is 15.6. The molecule has 0 unspecified atom stereocenters. The van der Waals surface area contributed by atoms with Crippen molar-refractivity contribution in [3.63, 3.8) is 0 Å². The van der Waals surface area contributed by atoms with Crippen molar-refractivity contribution in [2.45, 2.75) is 18.8 Å². The van der Waals surface area contributed by atoms with Gasteiger partial charge in [0.15, 0.2) is 0 Å². The van der Waals surface area contributed by atoms with Crippen molar-refractivity contribution in [2.24, 2.45) is 7.05 Å². The quantitative estimate of drug-likeness (QED) is 0.554. The van der Waals surface area contributed by atoms with Gasteiger partial charge >= 0.3 is 0 Å². The molecule has 0 amide bonds. The number of hydrogen-bond acceptors (Lipinski definition) is 1. The molecule has 0 N–H and O–H groups in total. The van der Waals surface area contributed by atoms with E-state index < -0.39 is 0 Å².